The van der Waals surface area contributed by atoms with E-state index in [2.05, 4.69) is 10.3 Å². The number of ether oxygens (including phenoxy) is 1. The van der Waals surface area contributed by atoms with E-state index in [9.17, 15) is 14.9 Å². The predicted molar refractivity (Wildman–Crippen MR) is 114 cm³/mol. The van der Waals surface area contributed by atoms with Crippen LogP contribution in [0.25, 0.3) is 10.2 Å². The van der Waals surface area contributed by atoms with Crippen LogP contribution in [0.1, 0.15) is 16.7 Å². The maximum Gasteiger partial charge on any atom is 0.311 e. The van der Waals surface area contributed by atoms with E-state index in [0.717, 1.165) is 26.9 Å². The molecular weight excluding hydrogens is 398 g/mol. The Balaban J connectivity index is 1.59. The molecule has 1 aromatic heterocycles. The number of thioether (sulfide) groups is 1. The lowest BCUT2D eigenvalue weighted by Crippen LogP contribution is -2.13. The molecule has 7 nitrogen and oxygen atoms in total. The molecule has 0 fully saturated rings. The van der Waals surface area contributed by atoms with Crippen LogP contribution in [0.3, 0.4) is 0 Å². The first-order valence-corrected chi connectivity index (χ1v) is 10.4. The second kappa shape index (κ2) is 8.57. The molecule has 0 spiro atoms. The number of nitro benzene ring substituents is 1. The van der Waals surface area contributed by atoms with Crippen LogP contribution in [0, 0.1) is 24.0 Å². The monoisotopic (exact) mass is 417 g/mol. The van der Waals surface area contributed by atoms with Gasteiger partial charge in [0.2, 0.25) is 5.91 Å². The van der Waals surface area contributed by atoms with Gasteiger partial charge in [-0.15, -0.1) is 11.8 Å². The second-order valence-electron chi connectivity index (χ2n) is 6.20. The Morgan fingerprint density at radius 1 is 1.29 bits per heavy atom. The zero-order chi connectivity index (χ0) is 20.3. The highest BCUT2D eigenvalue weighted by Gasteiger charge is 2.16. The van der Waals surface area contributed by atoms with E-state index in [0.29, 0.717) is 10.9 Å². The molecule has 1 amide bonds. The molecule has 0 saturated heterocycles. The molecule has 28 heavy (non-hydrogen) atoms. The molecule has 0 aliphatic rings. The van der Waals surface area contributed by atoms with Gasteiger partial charge in [0.1, 0.15) is 0 Å². The van der Waals surface area contributed by atoms with E-state index in [4.69, 9.17) is 4.74 Å². The lowest BCUT2D eigenvalue weighted by molar-refractivity contribution is -0.385. The summed E-state index contributed by atoms with van der Waals surface area (Å²) >= 11 is 2.85. The molecule has 0 bridgehead atoms. The molecule has 0 unspecified atom stereocenters. The summed E-state index contributed by atoms with van der Waals surface area (Å²) in [5, 5.41) is 14.5. The number of methoxy groups -OCH3 is 1. The minimum atomic E-state index is -0.475. The Bertz CT molecular complexity index is 1010. The van der Waals surface area contributed by atoms with Gasteiger partial charge in [0.15, 0.2) is 10.9 Å². The maximum absolute atomic E-state index is 12.2. The number of aryl methyl sites for hydroxylation is 2. The number of fused-ring (bicyclic) bond motifs is 1. The summed E-state index contributed by atoms with van der Waals surface area (Å²) in [7, 11) is 1.39. The van der Waals surface area contributed by atoms with Crippen LogP contribution in [0.5, 0.6) is 5.75 Å². The maximum atomic E-state index is 12.2. The van der Waals surface area contributed by atoms with Gasteiger partial charge in [0.05, 0.1) is 28.0 Å². The summed E-state index contributed by atoms with van der Waals surface area (Å²) < 4.78 is 6.07. The van der Waals surface area contributed by atoms with Crippen LogP contribution in [0.2, 0.25) is 0 Å². The van der Waals surface area contributed by atoms with Gasteiger partial charge in [-0.2, -0.15) is 0 Å². The van der Waals surface area contributed by atoms with E-state index in [1.807, 2.05) is 26.0 Å². The summed E-state index contributed by atoms with van der Waals surface area (Å²) in [4.78, 5) is 27.4. The Morgan fingerprint density at radius 2 is 2.04 bits per heavy atom. The molecule has 9 heteroatoms. The third-order valence-corrected chi connectivity index (χ3v) is 6.24. The first-order chi connectivity index (χ1) is 13.4. The van der Waals surface area contributed by atoms with Crippen molar-refractivity contribution in [2.24, 2.45) is 0 Å². The van der Waals surface area contributed by atoms with Crippen molar-refractivity contribution >= 4 is 50.0 Å². The quantitative estimate of drug-likeness (QED) is 0.442. The van der Waals surface area contributed by atoms with Crippen LogP contribution in [0.4, 0.5) is 10.8 Å². The van der Waals surface area contributed by atoms with Gasteiger partial charge in [0, 0.05) is 11.8 Å². The van der Waals surface area contributed by atoms with Gasteiger partial charge in [-0.25, -0.2) is 4.98 Å². The highest BCUT2D eigenvalue weighted by molar-refractivity contribution is 7.99. The van der Waals surface area contributed by atoms with Crippen molar-refractivity contribution in [3.05, 3.63) is 57.1 Å². The number of hydrogen-bond donors (Lipinski definition) is 1. The van der Waals surface area contributed by atoms with Gasteiger partial charge in [-0.3, -0.25) is 14.9 Å². The van der Waals surface area contributed by atoms with Gasteiger partial charge in [0.25, 0.3) is 0 Å². The fraction of sp³-hybridized carbons (Fsp3) is 0.263. The number of benzene rings is 2. The lowest BCUT2D eigenvalue weighted by atomic mass is 10.1. The van der Waals surface area contributed by atoms with Crippen molar-refractivity contribution in [1.82, 2.24) is 4.98 Å². The first-order valence-electron chi connectivity index (χ1n) is 8.44. The molecule has 0 aliphatic carbocycles. The average Bonchev–Trinajstić information content (AvgIpc) is 3.09. The van der Waals surface area contributed by atoms with E-state index in [-0.39, 0.29) is 23.1 Å². The van der Waals surface area contributed by atoms with E-state index >= 15 is 0 Å². The van der Waals surface area contributed by atoms with E-state index in [1.165, 1.54) is 36.3 Å². The Kier molecular flexibility index (Phi) is 6.15. The summed E-state index contributed by atoms with van der Waals surface area (Å²) in [5.74, 6) is 0.782. The number of amides is 1. The number of hydrogen-bond acceptors (Lipinski definition) is 7. The molecule has 3 rings (SSSR count). The normalized spacial score (nSPS) is 10.8. The minimum Gasteiger partial charge on any atom is -0.490 e. The largest absolute Gasteiger partial charge is 0.490 e. The summed E-state index contributed by atoms with van der Waals surface area (Å²) in [6.07, 6.45) is 0. The van der Waals surface area contributed by atoms with Gasteiger partial charge in [-0.05, 0) is 36.6 Å². The number of aromatic nitrogens is 1. The molecule has 1 heterocycles. The zero-order valence-electron chi connectivity index (χ0n) is 15.6. The minimum absolute atomic E-state index is 0.0785. The van der Waals surface area contributed by atoms with Crippen molar-refractivity contribution < 1.29 is 14.5 Å². The summed E-state index contributed by atoms with van der Waals surface area (Å²) in [5.41, 5.74) is 3.81. The standard InChI is InChI=1S/C19H19N3O4S2/c1-11-4-5-12(2)18-17(11)21-19(28-18)20-16(23)10-27-9-13-6-7-15(26-3)14(8-13)22(24)25/h4-8H,9-10H2,1-3H3,(H,20,21,23). The molecule has 1 N–H and O–H groups in total. The number of rotatable bonds is 7. The fourth-order valence-corrected chi connectivity index (χ4v) is 4.50. The highest BCUT2D eigenvalue weighted by atomic mass is 32.2. The number of carbonyl (C=O) groups is 1. The van der Waals surface area contributed by atoms with Crippen LogP contribution in [0.15, 0.2) is 30.3 Å². The van der Waals surface area contributed by atoms with Gasteiger partial charge in [-0.1, -0.05) is 29.5 Å². The van der Waals surface area contributed by atoms with Crippen molar-refractivity contribution in [3.63, 3.8) is 0 Å². The predicted octanol–water partition coefficient (Wildman–Crippen LogP) is 4.70. The molecular formula is C19H19N3O4S2. The third-order valence-electron chi connectivity index (χ3n) is 4.13. The Labute approximate surface area is 170 Å². The van der Waals surface area contributed by atoms with Crippen molar-refractivity contribution in [1.29, 1.82) is 0 Å². The summed E-state index contributed by atoms with van der Waals surface area (Å²) in [6, 6.07) is 8.87. The van der Waals surface area contributed by atoms with Gasteiger partial charge < -0.3 is 10.1 Å². The number of nitrogens with zero attached hydrogens (tertiary/aromatic N) is 2. The fourth-order valence-electron chi connectivity index (χ4n) is 2.70. The number of nitro groups is 1. The number of thiazole rings is 1. The number of anilines is 1. The second-order valence-corrected chi connectivity index (χ2v) is 8.19. The Hall–Kier alpha value is -2.65. The van der Waals surface area contributed by atoms with Crippen molar-refractivity contribution in [2.75, 3.05) is 18.2 Å². The molecule has 3 aromatic rings. The van der Waals surface area contributed by atoms with Crippen molar-refractivity contribution in [2.45, 2.75) is 19.6 Å². The molecule has 146 valence electrons. The smallest absolute Gasteiger partial charge is 0.311 e. The number of nitrogens with one attached hydrogen (secondary N) is 1. The van der Waals surface area contributed by atoms with Crippen molar-refractivity contribution in [3.8, 4) is 5.75 Å². The van der Waals surface area contributed by atoms with E-state index < -0.39 is 4.92 Å². The topological polar surface area (TPSA) is 94.4 Å². The van der Waals surface area contributed by atoms with Crippen LogP contribution >= 0.6 is 23.1 Å². The highest BCUT2D eigenvalue weighted by Crippen LogP contribution is 2.31. The molecule has 0 aliphatic heterocycles. The number of carbonyl (C=O) groups excluding carboxylic acids is 1. The Morgan fingerprint density at radius 3 is 2.71 bits per heavy atom. The molecule has 0 saturated carbocycles. The van der Waals surface area contributed by atoms with Crippen LogP contribution < -0.4 is 10.1 Å². The molecule has 0 radical (unpaired) electrons. The third kappa shape index (κ3) is 4.42. The first kappa shape index (κ1) is 20.1. The summed E-state index contributed by atoms with van der Waals surface area (Å²) in [6.45, 7) is 4.02. The lowest BCUT2D eigenvalue weighted by Gasteiger charge is -2.05. The molecule has 0 atom stereocenters. The average molecular weight is 418 g/mol. The van der Waals surface area contributed by atoms with Crippen LogP contribution in [-0.4, -0.2) is 28.7 Å². The molecule has 2 aromatic carbocycles. The van der Waals surface area contributed by atoms with Crippen LogP contribution in [-0.2, 0) is 10.5 Å². The SMILES string of the molecule is COc1ccc(CSCC(=O)Nc2nc3c(C)ccc(C)c3s2)cc1[N+](=O)[O-]. The zero-order valence-corrected chi connectivity index (χ0v) is 17.3. The van der Waals surface area contributed by atoms with Gasteiger partial charge >= 0.3 is 5.69 Å². The van der Waals surface area contributed by atoms with E-state index in [1.54, 1.807) is 12.1 Å².